The van der Waals surface area contributed by atoms with Crippen molar-refractivity contribution in [2.45, 2.75) is 66.2 Å². The van der Waals surface area contributed by atoms with Gasteiger partial charge in [0.05, 0.1) is 6.61 Å². The van der Waals surface area contributed by atoms with E-state index >= 15 is 0 Å². The maximum atomic E-state index is 11.0. The Morgan fingerprint density at radius 1 is 0.850 bits per heavy atom. The van der Waals surface area contributed by atoms with Crippen LogP contribution in [0.5, 0.6) is 0 Å². The first kappa shape index (κ1) is 18.9. The van der Waals surface area contributed by atoms with Crippen molar-refractivity contribution in [3.8, 4) is 0 Å². The fourth-order valence-corrected chi connectivity index (χ4v) is 1.99. The molecule has 0 fully saturated rings. The number of hydrogen-bond acceptors (Lipinski definition) is 2. The fourth-order valence-electron chi connectivity index (χ4n) is 1.99. The lowest BCUT2D eigenvalue weighted by molar-refractivity contribution is -0.116. The second kappa shape index (κ2) is 11.7. The van der Waals surface area contributed by atoms with Gasteiger partial charge in [0.25, 0.3) is 0 Å². The number of ketones is 1. The molecule has 0 aromatic heterocycles. The number of carbonyl (C=O) groups excluding carboxylic acids is 1. The Labute approximate surface area is 124 Å². The van der Waals surface area contributed by atoms with Crippen molar-refractivity contribution in [3.05, 3.63) is 34.9 Å². The fraction of sp³-hybridized carbons (Fsp3) is 0.611. The van der Waals surface area contributed by atoms with Gasteiger partial charge in [0.15, 0.2) is 0 Å². The maximum Gasteiger partial charge on any atom is 0.130 e. The normalized spacial score (nSPS) is 12.4. The Hall–Kier alpha value is -1.15. The number of aliphatic hydroxyl groups excluding tert-OH is 1. The van der Waals surface area contributed by atoms with Gasteiger partial charge in [-0.15, -0.1) is 0 Å². The summed E-state index contributed by atoms with van der Waals surface area (Å²) < 4.78 is 0. The van der Waals surface area contributed by atoms with Crippen LogP contribution < -0.4 is 0 Å². The Bertz CT molecular complexity index is 369. The lowest BCUT2D eigenvalue weighted by Gasteiger charge is -2.05. The van der Waals surface area contributed by atoms with E-state index in [0.717, 1.165) is 32.1 Å². The van der Waals surface area contributed by atoms with Gasteiger partial charge in [-0.05, 0) is 59.8 Å². The van der Waals surface area contributed by atoms with E-state index in [9.17, 15) is 4.79 Å². The first-order valence-electron chi connectivity index (χ1n) is 7.53. The number of aliphatic hydroxyl groups is 1. The van der Waals surface area contributed by atoms with Crippen LogP contribution in [0.4, 0.5) is 0 Å². The van der Waals surface area contributed by atoms with Crippen molar-refractivity contribution < 1.29 is 9.90 Å². The molecule has 0 saturated carbocycles. The van der Waals surface area contributed by atoms with Gasteiger partial charge in [0, 0.05) is 6.42 Å². The predicted molar refractivity (Wildman–Crippen MR) is 86.7 cm³/mol. The lowest BCUT2D eigenvalue weighted by atomic mass is 10.0. The van der Waals surface area contributed by atoms with Gasteiger partial charge < -0.3 is 9.90 Å². The Kier molecular flexibility index (Phi) is 11.0. The summed E-state index contributed by atoms with van der Waals surface area (Å²) in [6, 6.07) is 0. The Morgan fingerprint density at radius 2 is 1.50 bits per heavy atom. The molecule has 0 spiro atoms. The van der Waals surface area contributed by atoms with Crippen molar-refractivity contribution in [3.63, 3.8) is 0 Å². The molecule has 0 unspecified atom stereocenters. The van der Waals surface area contributed by atoms with Gasteiger partial charge in [-0.25, -0.2) is 0 Å². The van der Waals surface area contributed by atoms with Crippen LogP contribution in [-0.2, 0) is 4.79 Å². The van der Waals surface area contributed by atoms with Crippen LogP contribution in [0.15, 0.2) is 34.9 Å². The molecular formula is C18H30O2. The van der Waals surface area contributed by atoms with Crippen molar-refractivity contribution in [2.24, 2.45) is 0 Å². The highest BCUT2D eigenvalue weighted by atomic mass is 16.2. The molecule has 0 saturated heterocycles. The van der Waals surface area contributed by atoms with Gasteiger partial charge in [0.1, 0.15) is 5.78 Å². The van der Waals surface area contributed by atoms with Crippen LogP contribution in [0, 0.1) is 0 Å². The third kappa shape index (κ3) is 11.9. The Balaban J connectivity index is 4.11. The van der Waals surface area contributed by atoms with E-state index in [4.69, 9.17) is 5.11 Å². The summed E-state index contributed by atoms with van der Waals surface area (Å²) in [6.45, 7) is 8.10. The first-order valence-corrected chi connectivity index (χ1v) is 7.53. The van der Waals surface area contributed by atoms with E-state index in [1.807, 2.05) is 6.08 Å². The molecule has 0 aliphatic rings. The average Bonchev–Trinajstić information content (AvgIpc) is 2.35. The third-order valence-electron chi connectivity index (χ3n) is 3.23. The summed E-state index contributed by atoms with van der Waals surface area (Å²) in [6.07, 6.45) is 11.9. The molecule has 0 aliphatic heterocycles. The quantitative estimate of drug-likeness (QED) is 0.586. The molecule has 0 radical (unpaired) electrons. The van der Waals surface area contributed by atoms with Gasteiger partial charge in [-0.1, -0.05) is 34.9 Å². The number of carbonyl (C=O) groups is 1. The van der Waals surface area contributed by atoms with Crippen LogP contribution in [0.2, 0.25) is 0 Å². The van der Waals surface area contributed by atoms with E-state index in [-0.39, 0.29) is 12.4 Å². The molecule has 0 aromatic carbocycles. The van der Waals surface area contributed by atoms with Crippen molar-refractivity contribution in [1.82, 2.24) is 0 Å². The molecule has 2 heteroatoms. The minimum Gasteiger partial charge on any atom is -0.392 e. The molecule has 1 N–H and O–H groups in total. The summed E-state index contributed by atoms with van der Waals surface area (Å²) in [5, 5.41) is 9.00. The van der Waals surface area contributed by atoms with Crippen LogP contribution >= 0.6 is 0 Å². The molecule has 0 aromatic rings. The standard InChI is InChI=1S/C18H30O2/c1-15(2)7-5-8-16(3)9-6-10-18(13-14-19)12-11-17(4)20/h7,9,13,19H,5-6,8,10-12,14H2,1-4H3/b16-9+,18-13-. The summed E-state index contributed by atoms with van der Waals surface area (Å²) >= 11 is 0. The minimum absolute atomic E-state index is 0.0660. The molecule has 0 rings (SSSR count). The third-order valence-corrected chi connectivity index (χ3v) is 3.23. The van der Waals surface area contributed by atoms with Gasteiger partial charge in [0.2, 0.25) is 0 Å². The molecule has 0 aliphatic carbocycles. The number of allylic oxidation sites excluding steroid dienone is 5. The second-order valence-corrected chi connectivity index (χ2v) is 5.66. The largest absolute Gasteiger partial charge is 0.392 e. The molecule has 20 heavy (non-hydrogen) atoms. The predicted octanol–water partition coefficient (Wildman–Crippen LogP) is 4.75. The topological polar surface area (TPSA) is 37.3 Å². The maximum absolute atomic E-state index is 11.0. The van der Waals surface area contributed by atoms with Crippen LogP contribution in [0.1, 0.15) is 66.2 Å². The zero-order valence-electron chi connectivity index (χ0n) is 13.5. The highest BCUT2D eigenvalue weighted by Gasteiger charge is 2.00. The first-order chi connectivity index (χ1) is 9.45. The molecule has 0 atom stereocenters. The van der Waals surface area contributed by atoms with Gasteiger partial charge >= 0.3 is 0 Å². The summed E-state index contributed by atoms with van der Waals surface area (Å²) in [5.74, 6) is 0.210. The second-order valence-electron chi connectivity index (χ2n) is 5.66. The zero-order valence-corrected chi connectivity index (χ0v) is 13.5. The highest BCUT2D eigenvalue weighted by Crippen LogP contribution is 2.15. The van der Waals surface area contributed by atoms with Gasteiger partial charge in [-0.2, -0.15) is 0 Å². The van der Waals surface area contributed by atoms with Crippen molar-refractivity contribution in [2.75, 3.05) is 6.61 Å². The zero-order chi connectivity index (χ0) is 15.4. The van der Waals surface area contributed by atoms with E-state index in [2.05, 4.69) is 32.9 Å². The lowest BCUT2D eigenvalue weighted by Crippen LogP contribution is -1.94. The van der Waals surface area contributed by atoms with E-state index in [0.29, 0.717) is 6.42 Å². The minimum atomic E-state index is 0.0660. The summed E-state index contributed by atoms with van der Waals surface area (Å²) in [4.78, 5) is 11.0. The number of rotatable bonds is 10. The monoisotopic (exact) mass is 278 g/mol. The number of Topliss-reactive ketones (excluding diaryl/α,β-unsaturated/α-hetero) is 1. The van der Waals surface area contributed by atoms with Crippen molar-refractivity contribution >= 4 is 5.78 Å². The highest BCUT2D eigenvalue weighted by molar-refractivity contribution is 5.75. The van der Waals surface area contributed by atoms with E-state index in [1.54, 1.807) is 6.92 Å². The van der Waals surface area contributed by atoms with Crippen molar-refractivity contribution in [1.29, 1.82) is 0 Å². The molecule has 0 bridgehead atoms. The van der Waals surface area contributed by atoms with E-state index < -0.39 is 0 Å². The van der Waals surface area contributed by atoms with Crippen LogP contribution in [0.3, 0.4) is 0 Å². The Morgan fingerprint density at radius 3 is 2.05 bits per heavy atom. The molecule has 0 amide bonds. The molecular weight excluding hydrogens is 248 g/mol. The smallest absolute Gasteiger partial charge is 0.130 e. The van der Waals surface area contributed by atoms with Crippen LogP contribution in [-0.4, -0.2) is 17.5 Å². The SMILES string of the molecule is CC(=O)CC/C(=C\CO)CC/C=C(\C)CCC=C(C)C. The average molecular weight is 278 g/mol. The molecule has 114 valence electrons. The summed E-state index contributed by atoms with van der Waals surface area (Å²) in [5.41, 5.74) is 3.98. The van der Waals surface area contributed by atoms with Crippen LogP contribution in [0.25, 0.3) is 0 Å². The molecule has 0 heterocycles. The number of hydrogen-bond donors (Lipinski definition) is 1. The molecule has 2 nitrogen and oxygen atoms in total. The van der Waals surface area contributed by atoms with Gasteiger partial charge in [-0.3, -0.25) is 0 Å². The summed E-state index contributed by atoms with van der Waals surface area (Å²) in [7, 11) is 0. The van der Waals surface area contributed by atoms with E-state index in [1.165, 1.54) is 16.7 Å².